The maximum atomic E-state index is 5.52. The minimum absolute atomic E-state index is 0.525. The molecule has 0 amide bonds. The molecule has 1 aromatic heterocycles. The molecule has 2 aliphatic rings. The molecule has 7 nitrogen and oxygen atoms in total. The van der Waals surface area contributed by atoms with E-state index in [1.54, 1.807) is 7.11 Å². The van der Waals surface area contributed by atoms with Gasteiger partial charge in [0.15, 0.2) is 5.11 Å². The molecule has 5 rings (SSSR count). The van der Waals surface area contributed by atoms with Gasteiger partial charge in [-0.2, -0.15) is 9.97 Å². The van der Waals surface area contributed by atoms with E-state index >= 15 is 0 Å². The molecule has 2 aliphatic heterocycles. The summed E-state index contributed by atoms with van der Waals surface area (Å²) in [7, 11) is 1.70. The van der Waals surface area contributed by atoms with Crippen molar-refractivity contribution < 1.29 is 4.74 Å². The van der Waals surface area contributed by atoms with Crippen molar-refractivity contribution >= 4 is 34.9 Å². The van der Waals surface area contributed by atoms with Gasteiger partial charge in [0, 0.05) is 52.5 Å². The Kier molecular flexibility index (Phi) is 7.39. The average Bonchev–Trinajstić information content (AvgIpc) is 2.90. The molecule has 182 valence electrons. The number of benzene rings is 2. The molecule has 0 aliphatic carbocycles. The number of hydrogen-bond acceptors (Lipinski definition) is 6. The van der Waals surface area contributed by atoms with Gasteiger partial charge in [-0.25, -0.2) is 0 Å². The second kappa shape index (κ2) is 11.0. The molecule has 3 heterocycles. The van der Waals surface area contributed by atoms with Gasteiger partial charge >= 0.3 is 0 Å². The van der Waals surface area contributed by atoms with Crippen LogP contribution in [0.2, 0.25) is 0 Å². The van der Waals surface area contributed by atoms with Crippen LogP contribution in [0, 0.1) is 0 Å². The SMILES string of the molecule is COCCCNC(=S)Nc1nc(N2CCc3ccccc3C2)cc(N2CCc3ccccc3C2)n1. The van der Waals surface area contributed by atoms with Crippen LogP contribution in [0.25, 0.3) is 0 Å². The molecular weight excluding hydrogens is 456 g/mol. The zero-order chi connectivity index (χ0) is 24.0. The van der Waals surface area contributed by atoms with Crippen molar-refractivity contribution in [3.8, 4) is 0 Å². The van der Waals surface area contributed by atoms with E-state index < -0.39 is 0 Å². The summed E-state index contributed by atoms with van der Waals surface area (Å²) in [5.41, 5.74) is 5.56. The minimum atomic E-state index is 0.525. The molecule has 0 unspecified atom stereocenters. The van der Waals surface area contributed by atoms with Gasteiger partial charge < -0.3 is 25.2 Å². The second-order valence-corrected chi connectivity index (χ2v) is 9.42. The lowest BCUT2D eigenvalue weighted by atomic mass is 9.99. The Morgan fingerprint density at radius 3 is 1.97 bits per heavy atom. The number of anilines is 3. The van der Waals surface area contributed by atoms with E-state index in [0.717, 1.165) is 63.6 Å². The Morgan fingerprint density at radius 1 is 0.886 bits per heavy atom. The average molecular weight is 489 g/mol. The van der Waals surface area contributed by atoms with E-state index in [0.29, 0.717) is 17.7 Å². The van der Waals surface area contributed by atoms with Crippen LogP contribution in [-0.4, -0.2) is 48.4 Å². The molecule has 0 atom stereocenters. The first-order valence-corrected chi connectivity index (χ1v) is 12.7. The molecule has 0 saturated heterocycles. The van der Waals surface area contributed by atoms with Gasteiger partial charge in [-0.3, -0.25) is 0 Å². The molecule has 0 radical (unpaired) electrons. The number of methoxy groups -OCH3 is 1. The first kappa shape index (κ1) is 23.5. The molecule has 8 heteroatoms. The standard InChI is InChI=1S/C27H32N6OS/c1-34-16-6-13-28-27(35)31-26-29-24(32-14-11-20-7-2-4-9-22(20)18-32)17-25(30-26)33-15-12-21-8-3-5-10-23(21)19-33/h2-5,7-10,17H,6,11-16,18-19H2,1H3,(H2,28,29,30,31,35). The zero-order valence-corrected chi connectivity index (χ0v) is 21.0. The maximum Gasteiger partial charge on any atom is 0.232 e. The lowest BCUT2D eigenvalue weighted by Gasteiger charge is -2.33. The van der Waals surface area contributed by atoms with Crippen molar-refractivity contribution in [1.82, 2.24) is 15.3 Å². The first-order valence-electron chi connectivity index (χ1n) is 12.3. The van der Waals surface area contributed by atoms with Gasteiger partial charge in [0.25, 0.3) is 0 Å². The molecule has 0 bridgehead atoms. The molecule has 35 heavy (non-hydrogen) atoms. The van der Waals surface area contributed by atoms with Crippen LogP contribution in [0.3, 0.4) is 0 Å². The lowest BCUT2D eigenvalue weighted by molar-refractivity contribution is 0.196. The summed E-state index contributed by atoms with van der Waals surface area (Å²) >= 11 is 5.52. The monoisotopic (exact) mass is 488 g/mol. The molecular formula is C27H32N6OS. The minimum Gasteiger partial charge on any atom is -0.385 e. The highest BCUT2D eigenvalue weighted by atomic mass is 32.1. The first-order chi connectivity index (χ1) is 17.2. The molecule has 3 aromatic rings. The van der Waals surface area contributed by atoms with E-state index in [9.17, 15) is 0 Å². The van der Waals surface area contributed by atoms with E-state index in [-0.39, 0.29) is 0 Å². The number of nitrogens with one attached hydrogen (secondary N) is 2. The third-order valence-electron chi connectivity index (χ3n) is 6.64. The van der Waals surface area contributed by atoms with Crippen LogP contribution in [-0.2, 0) is 30.7 Å². The molecule has 2 N–H and O–H groups in total. The van der Waals surface area contributed by atoms with Gasteiger partial charge in [0.2, 0.25) is 5.95 Å². The fraction of sp³-hybridized carbons (Fsp3) is 0.370. The van der Waals surface area contributed by atoms with Crippen LogP contribution in [0.4, 0.5) is 17.6 Å². The highest BCUT2D eigenvalue weighted by Crippen LogP contribution is 2.29. The number of nitrogens with zero attached hydrogens (tertiary/aromatic N) is 4. The predicted molar refractivity (Wildman–Crippen MR) is 145 cm³/mol. The fourth-order valence-corrected chi connectivity index (χ4v) is 4.94. The van der Waals surface area contributed by atoms with E-state index in [1.807, 2.05) is 0 Å². The van der Waals surface area contributed by atoms with Crippen LogP contribution in [0.15, 0.2) is 54.6 Å². The smallest absolute Gasteiger partial charge is 0.232 e. The Labute approximate surface area is 212 Å². The van der Waals surface area contributed by atoms with Gasteiger partial charge in [0.05, 0.1) is 0 Å². The van der Waals surface area contributed by atoms with Crippen molar-refractivity contribution in [1.29, 1.82) is 0 Å². The normalized spacial score (nSPS) is 14.8. The quantitative estimate of drug-likeness (QED) is 0.383. The highest BCUT2D eigenvalue weighted by molar-refractivity contribution is 7.80. The number of aromatic nitrogens is 2. The zero-order valence-electron chi connectivity index (χ0n) is 20.2. The van der Waals surface area contributed by atoms with Gasteiger partial charge in [0.1, 0.15) is 11.6 Å². The van der Waals surface area contributed by atoms with Crippen LogP contribution >= 0.6 is 12.2 Å². The topological polar surface area (TPSA) is 65.6 Å². The van der Waals surface area contributed by atoms with Gasteiger partial charge in [-0.15, -0.1) is 0 Å². The van der Waals surface area contributed by atoms with Gasteiger partial charge in [-0.05, 0) is 53.7 Å². The lowest BCUT2D eigenvalue weighted by Crippen LogP contribution is -2.35. The fourth-order valence-electron chi connectivity index (χ4n) is 4.75. The van der Waals surface area contributed by atoms with Crippen molar-refractivity contribution in [3.63, 3.8) is 0 Å². The summed E-state index contributed by atoms with van der Waals surface area (Å²) in [5, 5.41) is 6.97. The van der Waals surface area contributed by atoms with Crippen LogP contribution in [0.5, 0.6) is 0 Å². The van der Waals surface area contributed by atoms with Crippen molar-refractivity contribution in [2.75, 3.05) is 48.5 Å². The third kappa shape index (κ3) is 5.71. The van der Waals surface area contributed by atoms with E-state index in [4.69, 9.17) is 26.9 Å². The van der Waals surface area contributed by atoms with E-state index in [2.05, 4.69) is 75.0 Å². The van der Waals surface area contributed by atoms with Gasteiger partial charge in [-0.1, -0.05) is 48.5 Å². The molecule has 0 spiro atoms. The van der Waals surface area contributed by atoms with Crippen LogP contribution in [0.1, 0.15) is 28.7 Å². The van der Waals surface area contributed by atoms with Crippen molar-refractivity contribution in [2.24, 2.45) is 0 Å². The predicted octanol–water partition coefficient (Wildman–Crippen LogP) is 3.92. The number of fused-ring (bicyclic) bond motifs is 2. The molecule has 2 aromatic carbocycles. The number of ether oxygens (including phenoxy) is 1. The largest absolute Gasteiger partial charge is 0.385 e. The third-order valence-corrected chi connectivity index (χ3v) is 6.89. The van der Waals surface area contributed by atoms with Crippen LogP contribution < -0.4 is 20.4 Å². The number of hydrogen-bond donors (Lipinski definition) is 2. The summed E-state index contributed by atoms with van der Waals surface area (Å²) < 4.78 is 5.12. The summed E-state index contributed by atoms with van der Waals surface area (Å²) in [4.78, 5) is 14.4. The molecule has 0 fully saturated rings. The Morgan fingerprint density at radius 2 is 1.43 bits per heavy atom. The second-order valence-electron chi connectivity index (χ2n) is 9.02. The summed E-state index contributed by atoms with van der Waals surface area (Å²) in [6, 6.07) is 19.5. The Balaban J connectivity index is 1.39. The highest BCUT2D eigenvalue weighted by Gasteiger charge is 2.22. The Bertz CT molecular complexity index is 1110. The summed E-state index contributed by atoms with van der Waals surface area (Å²) in [5.74, 6) is 2.38. The maximum absolute atomic E-state index is 5.52. The van der Waals surface area contributed by atoms with E-state index in [1.165, 1.54) is 22.3 Å². The van der Waals surface area contributed by atoms with Crippen molar-refractivity contribution in [2.45, 2.75) is 32.4 Å². The number of thiocarbonyl (C=S) groups is 1. The summed E-state index contributed by atoms with van der Waals surface area (Å²) in [6.07, 6.45) is 2.90. The number of rotatable bonds is 7. The van der Waals surface area contributed by atoms with Crippen molar-refractivity contribution in [3.05, 3.63) is 76.9 Å². The summed E-state index contributed by atoms with van der Waals surface area (Å²) in [6.45, 7) is 4.96. The molecule has 0 saturated carbocycles. The Hall–Kier alpha value is -3.23.